The van der Waals surface area contributed by atoms with E-state index < -0.39 is 6.10 Å². The average Bonchev–Trinajstić information content (AvgIpc) is 2.92. The van der Waals surface area contributed by atoms with Gasteiger partial charge in [-0.05, 0) is 6.07 Å². The first-order valence-electron chi connectivity index (χ1n) is 6.84. The topological polar surface area (TPSA) is 62.6 Å². The lowest BCUT2D eigenvalue weighted by Gasteiger charge is -2.14. The number of likely N-dealkylation sites (tertiary alicyclic amines) is 1. The van der Waals surface area contributed by atoms with Gasteiger partial charge in [0, 0.05) is 43.0 Å². The third-order valence-corrected chi connectivity index (χ3v) is 3.89. The summed E-state index contributed by atoms with van der Waals surface area (Å²) in [6.07, 6.45) is 0.468. The Labute approximate surface area is 137 Å². The van der Waals surface area contributed by atoms with Gasteiger partial charge >= 0.3 is 0 Å². The van der Waals surface area contributed by atoms with Crippen molar-refractivity contribution >= 4 is 35.8 Å². The number of halogens is 2. The van der Waals surface area contributed by atoms with Crippen molar-refractivity contribution in [3.8, 4) is 0 Å². The molecule has 0 bridgehead atoms. The molecule has 1 aliphatic heterocycles. The second-order valence-corrected chi connectivity index (χ2v) is 5.28. The summed E-state index contributed by atoms with van der Waals surface area (Å²) in [6, 6.07) is 7.99. The summed E-state index contributed by atoms with van der Waals surface area (Å²) in [7, 11) is 0. The average molecular weight is 333 g/mol. The number of benzene rings is 1. The largest absolute Gasteiger partial charge is 0.461 e. The standard InChI is InChI=1S/C15H20N2O2.2ClH/c1-2-14-11(7-17-8-12(16)13(18)9-17)10-5-3-4-6-15(10)19-14;;/h3-6,12-13,18H,2,7-9,16H2,1H3;2*1H/t12-,13-;;/m1../s1. The third-order valence-electron chi connectivity index (χ3n) is 3.89. The third kappa shape index (κ3) is 3.52. The monoisotopic (exact) mass is 332 g/mol. The van der Waals surface area contributed by atoms with Crippen LogP contribution < -0.4 is 5.73 Å². The fraction of sp³-hybridized carbons (Fsp3) is 0.467. The fourth-order valence-electron chi connectivity index (χ4n) is 2.86. The normalized spacial score (nSPS) is 22.0. The summed E-state index contributed by atoms with van der Waals surface area (Å²) in [4.78, 5) is 2.20. The molecule has 2 heterocycles. The number of β-amino-alcohol motifs (C(OH)–C–C–N with tert-alkyl or cyclic N) is 1. The van der Waals surface area contributed by atoms with E-state index in [4.69, 9.17) is 10.2 Å². The van der Waals surface area contributed by atoms with Gasteiger partial charge in [0.1, 0.15) is 11.3 Å². The van der Waals surface area contributed by atoms with Crippen molar-refractivity contribution in [3.05, 3.63) is 35.6 Å². The number of rotatable bonds is 3. The van der Waals surface area contributed by atoms with E-state index >= 15 is 0 Å². The van der Waals surface area contributed by atoms with Crippen LogP contribution in [0, 0.1) is 0 Å². The van der Waals surface area contributed by atoms with Gasteiger partial charge in [0.05, 0.1) is 6.10 Å². The molecule has 1 saturated heterocycles. The molecule has 2 atom stereocenters. The van der Waals surface area contributed by atoms with Crippen molar-refractivity contribution in [2.24, 2.45) is 5.73 Å². The van der Waals surface area contributed by atoms with Crippen LogP contribution in [0.4, 0.5) is 0 Å². The maximum atomic E-state index is 9.75. The first kappa shape index (κ1) is 18.3. The number of hydrogen-bond donors (Lipinski definition) is 2. The maximum absolute atomic E-state index is 9.75. The molecular weight excluding hydrogens is 311 g/mol. The van der Waals surface area contributed by atoms with E-state index in [0.717, 1.165) is 30.9 Å². The van der Waals surface area contributed by atoms with Gasteiger partial charge in [0.2, 0.25) is 0 Å². The van der Waals surface area contributed by atoms with E-state index in [1.165, 1.54) is 10.9 Å². The van der Waals surface area contributed by atoms with Crippen LogP contribution in [0.3, 0.4) is 0 Å². The van der Waals surface area contributed by atoms with Gasteiger partial charge in [-0.25, -0.2) is 0 Å². The van der Waals surface area contributed by atoms with Gasteiger partial charge in [-0.3, -0.25) is 4.90 Å². The highest BCUT2D eigenvalue weighted by Crippen LogP contribution is 2.28. The number of aliphatic hydroxyl groups excluding tert-OH is 1. The number of aliphatic hydroxyl groups is 1. The van der Waals surface area contributed by atoms with Crippen molar-refractivity contribution in [3.63, 3.8) is 0 Å². The van der Waals surface area contributed by atoms with E-state index in [1.54, 1.807) is 0 Å². The zero-order valence-electron chi connectivity index (χ0n) is 12.0. The lowest BCUT2D eigenvalue weighted by molar-refractivity contribution is 0.164. The number of para-hydroxylation sites is 1. The Morgan fingerprint density at radius 2 is 2.00 bits per heavy atom. The second-order valence-electron chi connectivity index (χ2n) is 5.28. The summed E-state index contributed by atoms with van der Waals surface area (Å²) in [5.41, 5.74) is 8.04. The molecule has 21 heavy (non-hydrogen) atoms. The fourth-order valence-corrected chi connectivity index (χ4v) is 2.86. The lowest BCUT2D eigenvalue weighted by Crippen LogP contribution is -2.32. The van der Waals surface area contributed by atoms with Gasteiger partial charge in [0.25, 0.3) is 0 Å². The molecule has 0 aliphatic carbocycles. The highest BCUT2D eigenvalue weighted by atomic mass is 35.5. The van der Waals surface area contributed by atoms with Crippen molar-refractivity contribution in [2.75, 3.05) is 13.1 Å². The number of furan rings is 1. The molecule has 118 valence electrons. The van der Waals surface area contributed by atoms with Gasteiger partial charge < -0.3 is 15.3 Å². The molecule has 1 aromatic heterocycles. The number of nitrogens with two attached hydrogens (primary N) is 1. The molecule has 0 spiro atoms. The van der Waals surface area contributed by atoms with Crippen LogP contribution in [0.15, 0.2) is 28.7 Å². The van der Waals surface area contributed by atoms with E-state index in [1.807, 2.05) is 18.2 Å². The summed E-state index contributed by atoms with van der Waals surface area (Å²) >= 11 is 0. The molecular formula is C15H22Cl2N2O2. The van der Waals surface area contributed by atoms with Gasteiger partial charge in [0.15, 0.2) is 0 Å². The Bertz CT molecular complexity index is 578. The zero-order valence-corrected chi connectivity index (χ0v) is 13.6. The van der Waals surface area contributed by atoms with E-state index in [2.05, 4.69) is 17.9 Å². The number of nitrogens with zero attached hydrogens (tertiary/aromatic N) is 1. The van der Waals surface area contributed by atoms with Gasteiger partial charge in [-0.1, -0.05) is 25.1 Å². The SMILES string of the molecule is CCc1oc2ccccc2c1CN1C[C@@H](N)[C@H](O)C1.Cl.Cl. The van der Waals surface area contributed by atoms with Crippen molar-refractivity contribution in [2.45, 2.75) is 32.0 Å². The highest BCUT2D eigenvalue weighted by molar-refractivity contribution is 5.85. The van der Waals surface area contributed by atoms with Crippen molar-refractivity contribution in [1.82, 2.24) is 4.90 Å². The molecule has 0 amide bonds. The molecule has 0 saturated carbocycles. The summed E-state index contributed by atoms with van der Waals surface area (Å²) in [6.45, 7) is 4.28. The Hall–Kier alpha value is -0.780. The predicted molar refractivity (Wildman–Crippen MR) is 89.3 cm³/mol. The number of fused-ring (bicyclic) bond motifs is 1. The minimum Gasteiger partial charge on any atom is -0.461 e. The smallest absolute Gasteiger partial charge is 0.134 e. The lowest BCUT2D eigenvalue weighted by atomic mass is 10.1. The molecule has 1 aliphatic rings. The molecule has 2 aromatic rings. The van der Waals surface area contributed by atoms with Crippen LogP contribution in [-0.2, 0) is 13.0 Å². The Morgan fingerprint density at radius 3 is 2.62 bits per heavy atom. The maximum Gasteiger partial charge on any atom is 0.134 e. The summed E-state index contributed by atoms with van der Waals surface area (Å²) in [5, 5.41) is 10.9. The first-order chi connectivity index (χ1) is 9.19. The Morgan fingerprint density at radius 1 is 1.29 bits per heavy atom. The van der Waals surface area contributed by atoms with Gasteiger partial charge in [-0.15, -0.1) is 24.8 Å². The van der Waals surface area contributed by atoms with Crippen LogP contribution in [0.2, 0.25) is 0 Å². The summed E-state index contributed by atoms with van der Waals surface area (Å²) < 4.78 is 5.89. The highest BCUT2D eigenvalue weighted by Gasteiger charge is 2.29. The zero-order chi connectivity index (χ0) is 13.4. The van der Waals surface area contributed by atoms with Crippen LogP contribution >= 0.6 is 24.8 Å². The number of hydrogen-bond acceptors (Lipinski definition) is 4. The number of aryl methyl sites for hydroxylation is 1. The van der Waals surface area contributed by atoms with Crippen LogP contribution in [0.5, 0.6) is 0 Å². The van der Waals surface area contributed by atoms with Gasteiger partial charge in [-0.2, -0.15) is 0 Å². The molecule has 3 N–H and O–H groups in total. The minimum absolute atomic E-state index is 0. The van der Waals surface area contributed by atoms with Crippen LogP contribution in [0.25, 0.3) is 11.0 Å². The predicted octanol–water partition coefficient (Wildman–Crippen LogP) is 2.34. The van der Waals surface area contributed by atoms with Crippen LogP contribution in [0.1, 0.15) is 18.2 Å². The van der Waals surface area contributed by atoms with E-state index in [0.29, 0.717) is 6.54 Å². The first-order valence-corrected chi connectivity index (χ1v) is 6.84. The molecule has 0 unspecified atom stereocenters. The van der Waals surface area contributed by atoms with Crippen molar-refractivity contribution < 1.29 is 9.52 Å². The Balaban J connectivity index is 0.00000110. The molecule has 1 fully saturated rings. The van der Waals surface area contributed by atoms with Crippen LogP contribution in [-0.4, -0.2) is 35.2 Å². The molecule has 6 heteroatoms. The summed E-state index contributed by atoms with van der Waals surface area (Å²) in [5.74, 6) is 1.04. The molecule has 0 radical (unpaired) electrons. The molecule has 4 nitrogen and oxygen atoms in total. The minimum atomic E-state index is -0.414. The Kier molecular flexibility index (Phi) is 6.50. The van der Waals surface area contributed by atoms with E-state index in [-0.39, 0.29) is 30.9 Å². The second kappa shape index (κ2) is 7.47. The quantitative estimate of drug-likeness (QED) is 0.905. The molecule has 3 rings (SSSR count). The van der Waals surface area contributed by atoms with Crippen molar-refractivity contribution in [1.29, 1.82) is 0 Å². The molecule has 1 aromatic carbocycles. The van der Waals surface area contributed by atoms with E-state index in [9.17, 15) is 5.11 Å².